The molecule has 3 nitrogen and oxygen atoms in total. The second kappa shape index (κ2) is 2.49. The van der Waals surface area contributed by atoms with E-state index in [-0.39, 0.29) is 12.9 Å². The Labute approximate surface area is 59.9 Å². The van der Waals surface area contributed by atoms with Crippen LogP contribution in [0.5, 0.6) is 0 Å². The highest BCUT2D eigenvalue weighted by atomic mass is 16.7. The number of fused-ring (bicyclic) bond motifs is 1. The molecule has 10 heavy (non-hydrogen) atoms. The number of hydrogen-bond donors (Lipinski definition) is 1. The summed E-state index contributed by atoms with van der Waals surface area (Å²) in [5.74, 6) is 0.789. The smallest absolute Gasteiger partial charge is 0.160 e. The first kappa shape index (κ1) is 6.58. The molecule has 2 aliphatic rings. The summed E-state index contributed by atoms with van der Waals surface area (Å²) in [6.45, 7) is 1.71. The molecule has 0 aromatic heterocycles. The zero-order valence-corrected chi connectivity index (χ0v) is 5.82. The molecule has 0 amide bonds. The molecule has 0 spiro atoms. The van der Waals surface area contributed by atoms with E-state index in [2.05, 4.69) is 0 Å². The van der Waals surface area contributed by atoms with Crippen molar-refractivity contribution in [2.45, 2.75) is 12.7 Å². The molecule has 0 aromatic rings. The molecule has 0 radical (unpaired) electrons. The van der Waals surface area contributed by atoms with E-state index in [9.17, 15) is 0 Å². The van der Waals surface area contributed by atoms with Crippen LogP contribution in [0.1, 0.15) is 6.42 Å². The SMILES string of the molecule is OC[C@H]1CO[C@H]2OCC[C@@H]12. The number of rotatable bonds is 1. The van der Waals surface area contributed by atoms with Gasteiger partial charge in [-0.15, -0.1) is 0 Å². The maximum atomic E-state index is 8.88. The Morgan fingerprint density at radius 3 is 3.10 bits per heavy atom. The van der Waals surface area contributed by atoms with Gasteiger partial charge in [-0.25, -0.2) is 0 Å². The van der Waals surface area contributed by atoms with E-state index < -0.39 is 0 Å². The predicted octanol–water partition coefficient (Wildman–Crippen LogP) is -0.0123. The lowest BCUT2D eigenvalue weighted by Crippen LogP contribution is -2.17. The van der Waals surface area contributed by atoms with Crippen LogP contribution in [-0.4, -0.2) is 31.2 Å². The Balaban J connectivity index is 2.01. The maximum absolute atomic E-state index is 8.88. The summed E-state index contributed by atoms with van der Waals surface area (Å²) in [5.41, 5.74) is 0. The van der Waals surface area contributed by atoms with Crippen LogP contribution in [-0.2, 0) is 9.47 Å². The van der Waals surface area contributed by atoms with E-state index in [1.165, 1.54) is 0 Å². The highest BCUT2D eigenvalue weighted by molar-refractivity contribution is 4.82. The first-order chi connectivity index (χ1) is 4.92. The summed E-state index contributed by atoms with van der Waals surface area (Å²) in [4.78, 5) is 0. The number of aliphatic hydroxyl groups excluding tert-OH is 1. The van der Waals surface area contributed by atoms with Gasteiger partial charge in [-0.3, -0.25) is 0 Å². The topological polar surface area (TPSA) is 38.7 Å². The van der Waals surface area contributed by atoms with Gasteiger partial charge in [0, 0.05) is 18.4 Å². The van der Waals surface area contributed by atoms with E-state index in [4.69, 9.17) is 14.6 Å². The first-order valence-corrected chi connectivity index (χ1v) is 3.76. The number of hydrogen-bond acceptors (Lipinski definition) is 3. The Bertz CT molecular complexity index is 126. The predicted molar refractivity (Wildman–Crippen MR) is 34.4 cm³/mol. The van der Waals surface area contributed by atoms with Crippen LogP contribution in [0.4, 0.5) is 0 Å². The fraction of sp³-hybridized carbons (Fsp3) is 1.00. The van der Waals surface area contributed by atoms with Crippen molar-refractivity contribution < 1.29 is 14.6 Å². The Hall–Kier alpha value is -0.120. The number of ether oxygens (including phenoxy) is 2. The molecular formula is C7H12O3. The molecule has 58 valence electrons. The van der Waals surface area contributed by atoms with E-state index in [1.54, 1.807) is 0 Å². The average molecular weight is 144 g/mol. The van der Waals surface area contributed by atoms with Gasteiger partial charge in [-0.1, -0.05) is 0 Å². The molecule has 0 saturated carbocycles. The lowest BCUT2D eigenvalue weighted by atomic mass is 9.94. The summed E-state index contributed by atoms with van der Waals surface area (Å²) in [6.07, 6.45) is 1.05. The van der Waals surface area contributed by atoms with Gasteiger partial charge in [0.05, 0.1) is 13.2 Å². The van der Waals surface area contributed by atoms with Crippen molar-refractivity contribution in [3.8, 4) is 0 Å². The monoisotopic (exact) mass is 144 g/mol. The van der Waals surface area contributed by atoms with Crippen molar-refractivity contribution in [3.05, 3.63) is 0 Å². The van der Waals surface area contributed by atoms with Gasteiger partial charge < -0.3 is 14.6 Å². The molecule has 0 unspecified atom stereocenters. The van der Waals surface area contributed by atoms with Gasteiger partial charge in [0.25, 0.3) is 0 Å². The first-order valence-electron chi connectivity index (χ1n) is 3.76. The van der Waals surface area contributed by atoms with Gasteiger partial charge in [0.15, 0.2) is 6.29 Å². The van der Waals surface area contributed by atoms with Gasteiger partial charge in [-0.05, 0) is 6.42 Å². The zero-order valence-electron chi connectivity index (χ0n) is 5.82. The third-order valence-electron chi connectivity index (χ3n) is 2.40. The Morgan fingerprint density at radius 1 is 1.40 bits per heavy atom. The fourth-order valence-electron chi connectivity index (χ4n) is 1.74. The summed E-state index contributed by atoms with van der Waals surface area (Å²) >= 11 is 0. The summed E-state index contributed by atoms with van der Waals surface area (Å²) in [5, 5.41) is 8.88. The van der Waals surface area contributed by atoms with Crippen LogP contribution in [0.2, 0.25) is 0 Å². The van der Waals surface area contributed by atoms with Crippen molar-refractivity contribution in [1.82, 2.24) is 0 Å². The van der Waals surface area contributed by atoms with Crippen molar-refractivity contribution in [2.75, 3.05) is 19.8 Å². The molecule has 0 aliphatic carbocycles. The minimum Gasteiger partial charge on any atom is -0.396 e. The largest absolute Gasteiger partial charge is 0.396 e. The van der Waals surface area contributed by atoms with Gasteiger partial charge in [0.1, 0.15) is 0 Å². The van der Waals surface area contributed by atoms with E-state index in [0.29, 0.717) is 18.4 Å². The molecule has 3 heteroatoms. The van der Waals surface area contributed by atoms with Crippen molar-refractivity contribution in [1.29, 1.82) is 0 Å². The van der Waals surface area contributed by atoms with Gasteiger partial charge in [0.2, 0.25) is 0 Å². The molecule has 0 bridgehead atoms. The quantitative estimate of drug-likeness (QED) is 0.562. The minimum absolute atomic E-state index is 0.00264. The second-order valence-electron chi connectivity index (χ2n) is 2.97. The van der Waals surface area contributed by atoms with Crippen LogP contribution < -0.4 is 0 Å². The van der Waals surface area contributed by atoms with Crippen LogP contribution in [0, 0.1) is 11.8 Å². The van der Waals surface area contributed by atoms with Crippen LogP contribution >= 0.6 is 0 Å². The standard InChI is InChI=1S/C7H12O3/c8-3-5-4-10-7-6(5)1-2-9-7/h5-8H,1-4H2/t5-,6-,7+/m0/s1. The van der Waals surface area contributed by atoms with E-state index in [0.717, 1.165) is 13.0 Å². The molecule has 0 aromatic carbocycles. The second-order valence-corrected chi connectivity index (χ2v) is 2.97. The highest BCUT2D eigenvalue weighted by Gasteiger charge is 2.40. The normalized spacial score (nSPS) is 45.9. The van der Waals surface area contributed by atoms with Crippen LogP contribution in [0.3, 0.4) is 0 Å². The lowest BCUT2D eigenvalue weighted by molar-refractivity contribution is -0.0905. The molecule has 3 atom stereocenters. The van der Waals surface area contributed by atoms with E-state index >= 15 is 0 Å². The molecule has 2 saturated heterocycles. The molecule has 2 heterocycles. The van der Waals surface area contributed by atoms with Crippen molar-refractivity contribution in [2.24, 2.45) is 11.8 Å². The summed E-state index contributed by atoms with van der Waals surface area (Å²) in [6, 6.07) is 0. The summed E-state index contributed by atoms with van der Waals surface area (Å²) < 4.78 is 10.6. The third kappa shape index (κ3) is 0.856. The van der Waals surface area contributed by atoms with E-state index in [1.807, 2.05) is 0 Å². The molecule has 2 aliphatic heterocycles. The van der Waals surface area contributed by atoms with Gasteiger partial charge >= 0.3 is 0 Å². The van der Waals surface area contributed by atoms with Crippen molar-refractivity contribution >= 4 is 0 Å². The van der Waals surface area contributed by atoms with Crippen molar-refractivity contribution in [3.63, 3.8) is 0 Å². The molecule has 2 rings (SSSR count). The van der Waals surface area contributed by atoms with Crippen LogP contribution in [0.25, 0.3) is 0 Å². The number of aliphatic hydroxyl groups is 1. The highest BCUT2D eigenvalue weighted by Crippen LogP contribution is 2.34. The fourth-order valence-corrected chi connectivity index (χ4v) is 1.74. The van der Waals surface area contributed by atoms with Crippen LogP contribution in [0.15, 0.2) is 0 Å². The Morgan fingerprint density at radius 2 is 2.30 bits per heavy atom. The van der Waals surface area contributed by atoms with Gasteiger partial charge in [-0.2, -0.15) is 0 Å². The third-order valence-corrected chi connectivity index (χ3v) is 2.40. The minimum atomic E-state index is -0.00264. The maximum Gasteiger partial charge on any atom is 0.160 e. The summed E-state index contributed by atoms with van der Waals surface area (Å²) in [7, 11) is 0. The zero-order chi connectivity index (χ0) is 6.97. The lowest BCUT2D eigenvalue weighted by Gasteiger charge is -2.09. The molecular weight excluding hydrogens is 132 g/mol. The molecule has 1 N–H and O–H groups in total. The Kier molecular flexibility index (Phi) is 1.64. The molecule has 2 fully saturated rings. The average Bonchev–Trinajstić information content (AvgIpc) is 2.44.